The van der Waals surface area contributed by atoms with Crippen molar-refractivity contribution in [1.82, 2.24) is 0 Å². The van der Waals surface area contributed by atoms with Crippen LogP contribution in [0.15, 0.2) is 9.98 Å². The summed E-state index contributed by atoms with van der Waals surface area (Å²) in [4.78, 5) is 11.5. The minimum atomic E-state index is -1.56. The molecule has 4 unspecified atom stereocenters. The Morgan fingerprint density at radius 2 is 0.857 bits per heavy atom. The summed E-state index contributed by atoms with van der Waals surface area (Å²) in [6, 6.07) is 0.655. The summed E-state index contributed by atoms with van der Waals surface area (Å²) in [7, 11) is -3.13. The fourth-order valence-corrected chi connectivity index (χ4v) is 9.48. The highest BCUT2D eigenvalue weighted by Crippen LogP contribution is 2.40. The number of aliphatic imine (C=N–C) groups is 2. The van der Waals surface area contributed by atoms with Crippen LogP contribution in [0.4, 0.5) is 0 Å². The maximum atomic E-state index is 6.79. The molecule has 0 saturated heterocycles. The fourth-order valence-electron chi connectivity index (χ4n) is 7.05. The molecule has 0 spiro atoms. The molecule has 2 aliphatic rings. The Bertz CT molecular complexity index is 746. The standard InChI is InChI=1S/C34H66Cl2N2O2Si2/c1-11-25-21-29(35)22-26(12-2)33(25)37-31(17-15-19-39-41(5,6)7)32(18-16-20-40-42(8,9)10)38-34-27(13-3)23-30(36)24-28(34)14-4/h25-30,33-34H,11-24H2,1-10H3. The fraction of sp³-hybridized carbons (Fsp3) is 0.941. The molecule has 4 nitrogen and oxygen atoms in total. The molecule has 0 aromatic carbocycles. The van der Waals surface area contributed by atoms with Gasteiger partial charge >= 0.3 is 0 Å². The van der Waals surface area contributed by atoms with Crippen LogP contribution >= 0.6 is 23.2 Å². The Hall–Kier alpha value is 0.274. The molecule has 4 atom stereocenters. The van der Waals surface area contributed by atoms with E-state index in [-0.39, 0.29) is 10.8 Å². The smallest absolute Gasteiger partial charge is 0.183 e. The van der Waals surface area contributed by atoms with E-state index in [9.17, 15) is 0 Å². The lowest BCUT2D eigenvalue weighted by Crippen LogP contribution is -2.39. The van der Waals surface area contributed by atoms with Gasteiger partial charge in [0.1, 0.15) is 0 Å². The third-order valence-corrected chi connectivity index (χ3v) is 12.2. The van der Waals surface area contributed by atoms with Gasteiger partial charge in [0.15, 0.2) is 16.6 Å². The number of rotatable bonds is 17. The van der Waals surface area contributed by atoms with Crippen LogP contribution in [-0.2, 0) is 8.85 Å². The third-order valence-electron chi connectivity index (χ3n) is 9.39. The van der Waals surface area contributed by atoms with Crippen LogP contribution in [0.25, 0.3) is 0 Å². The van der Waals surface area contributed by atoms with E-state index >= 15 is 0 Å². The van der Waals surface area contributed by atoms with Crippen molar-refractivity contribution >= 4 is 51.3 Å². The van der Waals surface area contributed by atoms with E-state index < -0.39 is 16.6 Å². The van der Waals surface area contributed by atoms with Crippen molar-refractivity contribution in [3.05, 3.63) is 0 Å². The number of hydrogen-bond donors (Lipinski definition) is 0. The van der Waals surface area contributed by atoms with Crippen molar-refractivity contribution in [2.45, 2.75) is 167 Å². The SMILES string of the molecule is CCC1CC(Cl)CC(CC)C1N=C(CCCO[Si](C)(C)C)C(CCCO[Si](C)(C)C)=NC1C(CC)CC(Cl)CC1CC. The Labute approximate surface area is 272 Å². The zero-order valence-corrected chi connectivity index (χ0v) is 32.5. The molecule has 0 aromatic heterocycles. The largest absolute Gasteiger partial charge is 0.418 e. The second-order valence-electron chi connectivity index (χ2n) is 15.1. The van der Waals surface area contributed by atoms with Crippen LogP contribution in [0.1, 0.15) is 105 Å². The highest BCUT2D eigenvalue weighted by atomic mass is 35.5. The summed E-state index contributed by atoms with van der Waals surface area (Å²) in [5.74, 6) is 2.15. The van der Waals surface area contributed by atoms with E-state index in [2.05, 4.69) is 67.0 Å². The van der Waals surface area contributed by atoms with Crippen LogP contribution in [0.3, 0.4) is 0 Å². The lowest BCUT2D eigenvalue weighted by Gasteiger charge is -2.39. The summed E-state index contributed by atoms with van der Waals surface area (Å²) in [6.45, 7) is 24.5. The first-order valence-electron chi connectivity index (χ1n) is 17.4. The average molecular weight is 662 g/mol. The second kappa shape index (κ2) is 18.4. The van der Waals surface area contributed by atoms with Crippen LogP contribution in [0.2, 0.25) is 39.3 Å². The molecule has 0 bridgehead atoms. The predicted octanol–water partition coefficient (Wildman–Crippen LogP) is 10.8. The highest BCUT2D eigenvalue weighted by Gasteiger charge is 2.38. The molecule has 2 saturated carbocycles. The van der Waals surface area contributed by atoms with Gasteiger partial charge in [0, 0.05) is 24.0 Å². The van der Waals surface area contributed by atoms with Gasteiger partial charge in [-0.1, -0.05) is 53.4 Å². The maximum Gasteiger partial charge on any atom is 0.183 e. The average Bonchev–Trinajstić information content (AvgIpc) is 2.91. The lowest BCUT2D eigenvalue weighted by atomic mass is 9.74. The molecule has 0 N–H and O–H groups in total. The van der Waals surface area contributed by atoms with Crippen molar-refractivity contribution < 1.29 is 8.85 Å². The number of hydrogen-bond acceptors (Lipinski definition) is 4. The van der Waals surface area contributed by atoms with Crippen molar-refractivity contribution in [2.75, 3.05) is 13.2 Å². The van der Waals surface area contributed by atoms with Gasteiger partial charge < -0.3 is 8.85 Å². The molecule has 0 heterocycles. The Balaban J connectivity index is 2.53. The van der Waals surface area contributed by atoms with E-state index in [4.69, 9.17) is 42.0 Å². The van der Waals surface area contributed by atoms with E-state index in [0.29, 0.717) is 35.8 Å². The van der Waals surface area contributed by atoms with Crippen LogP contribution < -0.4 is 0 Å². The summed E-state index contributed by atoms with van der Waals surface area (Å²) in [6.07, 6.45) is 12.7. The van der Waals surface area contributed by atoms with Gasteiger partial charge in [-0.15, -0.1) is 23.2 Å². The van der Waals surface area contributed by atoms with Gasteiger partial charge in [-0.2, -0.15) is 0 Å². The molecule has 0 aromatic rings. The number of alkyl halides is 2. The predicted molar refractivity (Wildman–Crippen MR) is 192 cm³/mol. The van der Waals surface area contributed by atoms with E-state index in [1.54, 1.807) is 0 Å². The minimum Gasteiger partial charge on any atom is -0.418 e. The zero-order valence-electron chi connectivity index (χ0n) is 29.0. The minimum absolute atomic E-state index is 0.271. The Morgan fingerprint density at radius 3 is 1.10 bits per heavy atom. The molecule has 8 heteroatoms. The van der Waals surface area contributed by atoms with Crippen LogP contribution in [0.5, 0.6) is 0 Å². The second-order valence-corrected chi connectivity index (χ2v) is 25.3. The molecule has 2 aliphatic carbocycles. The van der Waals surface area contributed by atoms with Crippen molar-refractivity contribution in [3.63, 3.8) is 0 Å². The number of nitrogens with zero attached hydrogens (tertiary/aromatic N) is 2. The van der Waals surface area contributed by atoms with Crippen LogP contribution in [-0.4, -0.2) is 64.1 Å². The highest BCUT2D eigenvalue weighted by molar-refractivity contribution is 6.70. The quantitative estimate of drug-likeness (QED) is 0.0674. The van der Waals surface area contributed by atoms with Crippen molar-refractivity contribution in [1.29, 1.82) is 0 Å². The van der Waals surface area contributed by atoms with E-state index in [1.807, 2.05) is 0 Å². The van der Waals surface area contributed by atoms with Crippen molar-refractivity contribution in [2.24, 2.45) is 33.7 Å². The van der Waals surface area contributed by atoms with Gasteiger partial charge in [0.05, 0.1) is 23.5 Å². The Kier molecular flexibility index (Phi) is 16.9. The molecule has 0 radical (unpaired) electrons. The van der Waals surface area contributed by atoms with Crippen LogP contribution in [0, 0.1) is 23.7 Å². The third kappa shape index (κ3) is 13.3. The lowest BCUT2D eigenvalue weighted by molar-refractivity contribution is 0.214. The normalized spacial score (nSPS) is 31.9. The van der Waals surface area contributed by atoms with Crippen molar-refractivity contribution in [3.8, 4) is 0 Å². The Morgan fingerprint density at radius 1 is 0.571 bits per heavy atom. The first-order chi connectivity index (χ1) is 19.7. The van der Waals surface area contributed by atoms with Gasteiger partial charge in [0.25, 0.3) is 0 Å². The van der Waals surface area contributed by atoms with Gasteiger partial charge in [0.2, 0.25) is 0 Å². The van der Waals surface area contributed by atoms with Gasteiger partial charge in [-0.05, 0) is 114 Å². The molecule has 42 heavy (non-hydrogen) atoms. The number of halogens is 2. The molecular weight excluding hydrogens is 595 g/mol. The van der Waals surface area contributed by atoms with E-state index in [1.165, 1.54) is 11.4 Å². The summed E-state index contributed by atoms with van der Waals surface area (Å²) in [5, 5.41) is 0.543. The molecule has 0 aliphatic heterocycles. The maximum absolute atomic E-state index is 6.79. The summed E-state index contributed by atoms with van der Waals surface area (Å²) < 4.78 is 12.6. The zero-order chi connectivity index (χ0) is 31.5. The van der Waals surface area contributed by atoms with Gasteiger partial charge in [-0.25, -0.2) is 0 Å². The molecule has 0 amide bonds. The summed E-state index contributed by atoms with van der Waals surface area (Å²) >= 11 is 13.6. The van der Waals surface area contributed by atoms with Gasteiger partial charge in [-0.3, -0.25) is 9.98 Å². The summed E-state index contributed by atoms with van der Waals surface area (Å²) in [5.41, 5.74) is 2.49. The monoisotopic (exact) mass is 660 g/mol. The molecule has 246 valence electrons. The first-order valence-corrected chi connectivity index (χ1v) is 25.1. The molecule has 2 fully saturated rings. The topological polar surface area (TPSA) is 43.2 Å². The molecular formula is C34H66Cl2N2O2Si2. The van der Waals surface area contributed by atoms with E-state index in [0.717, 1.165) is 90.3 Å². The first kappa shape index (κ1) is 38.5. The molecule has 2 rings (SSSR count).